The molecule has 0 aliphatic rings. The molecule has 0 spiro atoms. The Bertz CT molecular complexity index is 575. The highest BCUT2D eigenvalue weighted by molar-refractivity contribution is 5.91. The summed E-state index contributed by atoms with van der Waals surface area (Å²) < 4.78 is 38.7. The van der Waals surface area contributed by atoms with Crippen molar-refractivity contribution in [3.05, 3.63) is 42.0 Å². The van der Waals surface area contributed by atoms with E-state index in [0.717, 1.165) is 31.4 Å². The molecule has 0 aliphatic carbocycles. The van der Waals surface area contributed by atoms with E-state index in [1.165, 1.54) is 45.1 Å². The minimum absolute atomic E-state index is 0.0321. The Balaban J connectivity index is 2.56. The number of carbonyl (C=O) groups is 1. The molecule has 0 N–H and O–H groups in total. The van der Waals surface area contributed by atoms with Gasteiger partial charge in [-0.15, -0.1) is 0 Å². The number of allylic oxidation sites excluding steroid dienone is 1. The number of ketones is 1. The number of carbonyl (C=O) groups excluding carboxylic acids is 1. The zero-order chi connectivity index (χ0) is 19.6. The average Bonchev–Trinajstić information content (AvgIpc) is 2.59. The summed E-state index contributed by atoms with van der Waals surface area (Å²) in [6.45, 7) is 7.62. The second kappa shape index (κ2) is 11.2. The lowest BCUT2D eigenvalue weighted by atomic mass is 9.86. The summed E-state index contributed by atoms with van der Waals surface area (Å²) in [4.78, 5) is 12.0. The van der Waals surface area contributed by atoms with Gasteiger partial charge in [-0.2, -0.15) is 13.2 Å². The molecule has 1 rings (SSSR count). The maximum absolute atomic E-state index is 12.9. The highest BCUT2D eigenvalue weighted by Crippen LogP contribution is 2.33. The van der Waals surface area contributed by atoms with Crippen LogP contribution in [0.1, 0.15) is 82.8 Å². The van der Waals surface area contributed by atoms with E-state index in [-0.39, 0.29) is 5.78 Å². The lowest BCUT2D eigenvalue weighted by Gasteiger charge is -2.18. The van der Waals surface area contributed by atoms with Gasteiger partial charge in [-0.1, -0.05) is 77.0 Å². The number of hydrogen-bond acceptors (Lipinski definition) is 1. The summed E-state index contributed by atoms with van der Waals surface area (Å²) in [5.41, 5.74) is 0.191. The van der Waals surface area contributed by atoms with Crippen molar-refractivity contribution < 1.29 is 18.0 Å². The van der Waals surface area contributed by atoms with Crippen LogP contribution in [0.3, 0.4) is 0 Å². The third-order valence-electron chi connectivity index (χ3n) is 4.82. The fourth-order valence-corrected chi connectivity index (χ4v) is 3.20. The summed E-state index contributed by atoms with van der Waals surface area (Å²) >= 11 is 0. The highest BCUT2D eigenvalue weighted by atomic mass is 19.4. The Labute approximate surface area is 155 Å². The standard InChI is InChI=1S/C22H31F3O/c1-4-5-6-7-8-9-10-11-15-21(18(3)26)17(2)19-13-12-14-20(16-19)22(23,24)25/h12-14,16,21H,2,4-11,15H2,1,3H3. The van der Waals surface area contributed by atoms with E-state index in [4.69, 9.17) is 0 Å². The van der Waals surface area contributed by atoms with Crippen molar-refractivity contribution in [1.82, 2.24) is 0 Å². The summed E-state index contributed by atoms with van der Waals surface area (Å²) in [6, 6.07) is 5.10. The van der Waals surface area contributed by atoms with Gasteiger partial charge in [-0.25, -0.2) is 0 Å². The largest absolute Gasteiger partial charge is 0.416 e. The van der Waals surface area contributed by atoms with Gasteiger partial charge in [0.05, 0.1) is 5.56 Å². The van der Waals surface area contributed by atoms with E-state index >= 15 is 0 Å². The van der Waals surface area contributed by atoms with Crippen LogP contribution < -0.4 is 0 Å². The molecule has 26 heavy (non-hydrogen) atoms. The van der Waals surface area contributed by atoms with Crippen LogP contribution in [0.25, 0.3) is 5.57 Å². The average molecular weight is 368 g/mol. The molecule has 146 valence electrons. The number of hydrogen-bond donors (Lipinski definition) is 0. The summed E-state index contributed by atoms with van der Waals surface area (Å²) in [7, 11) is 0. The Morgan fingerprint density at radius 2 is 1.62 bits per heavy atom. The molecule has 1 aromatic carbocycles. The molecule has 0 radical (unpaired) electrons. The van der Waals surface area contributed by atoms with Gasteiger partial charge in [0.1, 0.15) is 5.78 Å². The number of rotatable bonds is 12. The van der Waals surface area contributed by atoms with Crippen molar-refractivity contribution in [3.8, 4) is 0 Å². The maximum Gasteiger partial charge on any atom is 0.416 e. The van der Waals surface area contributed by atoms with Gasteiger partial charge in [-0.05, 0) is 36.6 Å². The van der Waals surface area contributed by atoms with E-state index in [0.29, 0.717) is 17.6 Å². The van der Waals surface area contributed by atoms with Gasteiger partial charge in [0, 0.05) is 5.92 Å². The minimum atomic E-state index is -4.39. The predicted octanol–water partition coefficient (Wildman–Crippen LogP) is 7.45. The fourth-order valence-electron chi connectivity index (χ4n) is 3.20. The molecule has 1 atom stereocenters. The number of unbranched alkanes of at least 4 members (excludes halogenated alkanes) is 7. The molecule has 1 nitrogen and oxygen atoms in total. The van der Waals surface area contributed by atoms with Crippen LogP contribution in [-0.4, -0.2) is 5.78 Å². The first-order valence-electron chi connectivity index (χ1n) is 9.64. The van der Waals surface area contributed by atoms with Crippen molar-refractivity contribution >= 4 is 11.4 Å². The van der Waals surface area contributed by atoms with Crippen LogP contribution in [0, 0.1) is 5.92 Å². The quantitative estimate of drug-likeness (QED) is 0.350. The lowest BCUT2D eigenvalue weighted by Crippen LogP contribution is -2.13. The molecule has 0 aliphatic heterocycles. The fraction of sp³-hybridized carbons (Fsp3) is 0.591. The van der Waals surface area contributed by atoms with Crippen molar-refractivity contribution in [1.29, 1.82) is 0 Å². The van der Waals surface area contributed by atoms with E-state index in [1.807, 2.05) is 0 Å². The molecule has 0 bridgehead atoms. The van der Waals surface area contributed by atoms with Crippen molar-refractivity contribution in [3.63, 3.8) is 0 Å². The van der Waals surface area contributed by atoms with Crippen molar-refractivity contribution in [2.75, 3.05) is 0 Å². The second-order valence-electron chi connectivity index (χ2n) is 7.03. The molecule has 0 amide bonds. The molecule has 1 aromatic rings. The van der Waals surface area contributed by atoms with E-state index in [2.05, 4.69) is 13.5 Å². The van der Waals surface area contributed by atoms with Gasteiger partial charge in [0.25, 0.3) is 0 Å². The van der Waals surface area contributed by atoms with Gasteiger partial charge < -0.3 is 0 Å². The van der Waals surface area contributed by atoms with Crippen LogP contribution in [0.4, 0.5) is 13.2 Å². The Hall–Kier alpha value is -1.58. The van der Waals surface area contributed by atoms with E-state index < -0.39 is 17.7 Å². The number of halogens is 3. The Kier molecular flexibility index (Phi) is 9.68. The molecule has 0 saturated heterocycles. The molecule has 0 aromatic heterocycles. The third-order valence-corrected chi connectivity index (χ3v) is 4.82. The van der Waals surface area contributed by atoms with Crippen LogP contribution in [-0.2, 0) is 11.0 Å². The molecular weight excluding hydrogens is 337 g/mol. The molecule has 0 fully saturated rings. The highest BCUT2D eigenvalue weighted by Gasteiger charge is 2.31. The SMILES string of the molecule is C=C(c1cccc(C(F)(F)F)c1)C(CCCCCCCCCC)C(C)=O. The first-order valence-corrected chi connectivity index (χ1v) is 9.64. The van der Waals surface area contributed by atoms with Gasteiger partial charge in [0.15, 0.2) is 0 Å². The first-order chi connectivity index (χ1) is 12.3. The van der Waals surface area contributed by atoms with Crippen LogP contribution in [0.15, 0.2) is 30.8 Å². The van der Waals surface area contributed by atoms with Crippen molar-refractivity contribution in [2.45, 2.75) is 77.8 Å². The Morgan fingerprint density at radius 1 is 1.04 bits per heavy atom. The first kappa shape index (κ1) is 22.5. The molecular formula is C22H31F3O. The lowest BCUT2D eigenvalue weighted by molar-refractivity contribution is -0.137. The zero-order valence-electron chi connectivity index (χ0n) is 16.0. The summed E-state index contributed by atoms with van der Waals surface area (Å²) in [6.07, 6.45) is 5.60. The second-order valence-corrected chi connectivity index (χ2v) is 7.03. The molecule has 1 unspecified atom stereocenters. The molecule has 4 heteroatoms. The summed E-state index contributed by atoms with van der Waals surface area (Å²) in [5, 5.41) is 0. The third kappa shape index (κ3) is 7.76. The number of Topliss-reactive ketones (excluding diaryl/α,β-unsaturated/α-hetero) is 1. The Morgan fingerprint density at radius 3 is 2.15 bits per heavy atom. The normalized spacial score (nSPS) is 12.8. The maximum atomic E-state index is 12.9. The van der Waals surface area contributed by atoms with Gasteiger partial charge in [-0.3, -0.25) is 4.79 Å². The minimum Gasteiger partial charge on any atom is -0.299 e. The van der Waals surface area contributed by atoms with Crippen LogP contribution in [0.5, 0.6) is 0 Å². The topological polar surface area (TPSA) is 17.1 Å². The van der Waals surface area contributed by atoms with E-state index in [1.54, 1.807) is 6.07 Å². The van der Waals surface area contributed by atoms with Gasteiger partial charge >= 0.3 is 6.18 Å². The molecule has 0 saturated carbocycles. The van der Waals surface area contributed by atoms with Crippen LogP contribution in [0.2, 0.25) is 0 Å². The zero-order valence-corrected chi connectivity index (χ0v) is 16.0. The number of benzene rings is 1. The monoisotopic (exact) mass is 368 g/mol. The van der Waals surface area contributed by atoms with Gasteiger partial charge in [0.2, 0.25) is 0 Å². The number of alkyl halides is 3. The molecule has 0 heterocycles. The smallest absolute Gasteiger partial charge is 0.299 e. The van der Waals surface area contributed by atoms with E-state index in [9.17, 15) is 18.0 Å². The van der Waals surface area contributed by atoms with Crippen LogP contribution >= 0.6 is 0 Å². The summed E-state index contributed by atoms with van der Waals surface area (Å²) in [5.74, 6) is -0.436. The van der Waals surface area contributed by atoms with Crippen molar-refractivity contribution in [2.24, 2.45) is 5.92 Å². The predicted molar refractivity (Wildman–Crippen MR) is 102 cm³/mol.